The molecule has 0 bridgehead atoms. The summed E-state index contributed by atoms with van der Waals surface area (Å²) in [5.74, 6) is 2.02. The van der Waals surface area contributed by atoms with Gasteiger partial charge in [0, 0.05) is 17.5 Å². The van der Waals surface area contributed by atoms with Crippen molar-refractivity contribution in [3.8, 4) is 0 Å². The van der Waals surface area contributed by atoms with E-state index in [1.54, 1.807) is 6.07 Å². The summed E-state index contributed by atoms with van der Waals surface area (Å²) in [6, 6.07) is 7.96. The van der Waals surface area contributed by atoms with Crippen LogP contribution in [0.2, 0.25) is 0 Å². The van der Waals surface area contributed by atoms with Crippen molar-refractivity contribution in [3.05, 3.63) is 29.8 Å². The van der Waals surface area contributed by atoms with Crippen molar-refractivity contribution < 1.29 is 9.53 Å². The van der Waals surface area contributed by atoms with E-state index < -0.39 is 0 Å². The number of anilines is 1. The number of benzene rings is 1. The summed E-state index contributed by atoms with van der Waals surface area (Å²) in [4.78, 5) is 11.5. The molecular weight excluding hydrogens is 222 g/mol. The summed E-state index contributed by atoms with van der Waals surface area (Å²) >= 11 is 1.94. The van der Waals surface area contributed by atoms with Gasteiger partial charge in [0.05, 0.1) is 12.7 Å². The second kappa shape index (κ2) is 5.25. The van der Waals surface area contributed by atoms with E-state index in [0.29, 0.717) is 11.6 Å². The van der Waals surface area contributed by atoms with Gasteiger partial charge in [-0.15, -0.1) is 0 Å². The first kappa shape index (κ1) is 11.3. The molecule has 1 aliphatic rings. The van der Waals surface area contributed by atoms with Crippen molar-refractivity contribution in [2.75, 3.05) is 23.9 Å². The van der Waals surface area contributed by atoms with Crippen molar-refractivity contribution in [1.29, 1.82) is 0 Å². The van der Waals surface area contributed by atoms with Gasteiger partial charge in [0.25, 0.3) is 0 Å². The standard InChI is InChI=1S/C12H15NO2S/c1-15-12(14)10-4-2-3-5-11(10)13-9-6-7-16-8-9/h2-5,9,13H,6-8H2,1H3. The van der Waals surface area contributed by atoms with E-state index in [1.807, 2.05) is 30.0 Å². The lowest BCUT2D eigenvalue weighted by atomic mass is 10.1. The quantitative estimate of drug-likeness (QED) is 0.819. The minimum Gasteiger partial charge on any atom is -0.465 e. The maximum Gasteiger partial charge on any atom is 0.339 e. The third-order valence-electron chi connectivity index (χ3n) is 2.62. The highest BCUT2D eigenvalue weighted by Crippen LogP contribution is 2.23. The lowest BCUT2D eigenvalue weighted by molar-refractivity contribution is 0.0602. The summed E-state index contributed by atoms with van der Waals surface area (Å²) in [7, 11) is 1.41. The normalized spacial score (nSPS) is 19.4. The Morgan fingerprint density at radius 2 is 2.31 bits per heavy atom. The maximum atomic E-state index is 11.5. The van der Waals surface area contributed by atoms with Gasteiger partial charge in [0.1, 0.15) is 0 Å². The highest BCUT2D eigenvalue weighted by atomic mass is 32.2. The van der Waals surface area contributed by atoms with Crippen LogP contribution in [-0.4, -0.2) is 30.6 Å². The summed E-state index contributed by atoms with van der Waals surface area (Å²) < 4.78 is 4.76. The Morgan fingerprint density at radius 1 is 1.50 bits per heavy atom. The van der Waals surface area contributed by atoms with Crippen molar-refractivity contribution >= 4 is 23.4 Å². The molecule has 1 heterocycles. The Hall–Kier alpha value is -1.16. The summed E-state index contributed by atoms with van der Waals surface area (Å²) in [5.41, 5.74) is 1.49. The molecule has 3 nitrogen and oxygen atoms in total. The van der Waals surface area contributed by atoms with Crippen LogP contribution in [0.5, 0.6) is 0 Å². The van der Waals surface area contributed by atoms with Crippen molar-refractivity contribution in [2.45, 2.75) is 12.5 Å². The zero-order valence-corrected chi connectivity index (χ0v) is 10.0. The van der Waals surface area contributed by atoms with Crippen LogP contribution >= 0.6 is 11.8 Å². The number of nitrogens with one attached hydrogen (secondary N) is 1. The van der Waals surface area contributed by atoms with Gasteiger partial charge in [-0.3, -0.25) is 0 Å². The molecule has 1 unspecified atom stereocenters. The molecule has 0 aromatic heterocycles. The van der Waals surface area contributed by atoms with E-state index >= 15 is 0 Å². The minimum absolute atomic E-state index is 0.284. The summed E-state index contributed by atoms with van der Waals surface area (Å²) in [6.07, 6.45) is 1.15. The van der Waals surface area contributed by atoms with Crippen molar-refractivity contribution in [3.63, 3.8) is 0 Å². The number of para-hydroxylation sites is 1. The van der Waals surface area contributed by atoms with Gasteiger partial charge in [-0.1, -0.05) is 12.1 Å². The molecule has 0 amide bonds. The first-order valence-corrected chi connectivity index (χ1v) is 6.48. The van der Waals surface area contributed by atoms with Gasteiger partial charge >= 0.3 is 5.97 Å². The van der Waals surface area contributed by atoms with Crippen LogP contribution in [-0.2, 0) is 4.74 Å². The molecule has 1 saturated heterocycles. The second-order valence-electron chi connectivity index (χ2n) is 3.74. The number of hydrogen-bond donors (Lipinski definition) is 1. The highest BCUT2D eigenvalue weighted by Gasteiger charge is 2.18. The van der Waals surface area contributed by atoms with Crippen LogP contribution < -0.4 is 5.32 Å². The molecule has 1 fully saturated rings. The van der Waals surface area contributed by atoms with Crippen molar-refractivity contribution in [1.82, 2.24) is 0 Å². The smallest absolute Gasteiger partial charge is 0.339 e. The number of thioether (sulfide) groups is 1. The zero-order valence-electron chi connectivity index (χ0n) is 9.23. The third kappa shape index (κ3) is 2.50. The Morgan fingerprint density at radius 3 is 3.00 bits per heavy atom. The van der Waals surface area contributed by atoms with Crippen LogP contribution in [0.1, 0.15) is 16.8 Å². The Labute approximate surface area is 99.6 Å². The van der Waals surface area contributed by atoms with Crippen molar-refractivity contribution in [2.24, 2.45) is 0 Å². The molecule has 0 radical (unpaired) electrons. The molecule has 1 aromatic rings. The Balaban J connectivity index is 2.15. The average molecular weight is 237 g/mol. The number of hydrogen-bond acceptors (Lipinski definition) is 4. The number of esters is 1. The Bertz CT molecular complexity index is 375. The van der Waals surface area contributed by atoms with E-state index in [4.69, 9.17) is 4.74 Å². The number of methoxy groups -OCH3 is 1. The van der Waals surface area contributed by atoms with Crippen LogP contribution in [0.3, 0.4) is 0 Å². The van der Waals surface area contributed by atoms with Crippen LogP contribution in [0.4, 0.5) is 5.69 Å². The van der Waals surface area contributed by atoms with E-state index in [9.17, 15) is 4.79 Å². The van der Waals surface area contributed by atoms with Gasteiger partial charge in [-0.2, -0.15) is 11.8 Å². The third-order valence-corrected chi connectivity index (χ3v) is 3.78. The fraction of sp³-hybridized carbons (Fsp3) is 0.417. The molecule has 2 rings (SSSR count). The number of carbonyl (C=O) groups is 1. The number of carbonyl (C=O) groups excluding carboxylic acids is 1. The summed E-state index contributed by atoms with van der Waals surface area (Å²) in [5, 5.41) is 3.40. The molecule has 0 saturated carbocycles. The van der Waals surface area contributed by atoms with Crippen LogP contribution in [0.15, 0.2) is 24.3 Å². The van der Waals surface area contributed by atoms with E-state index in [0.717, 1.165) is 17.9 Å². The molecule has 1 atom stereocenters. The van der Waals surface area contributed by atoms with Gasteiger partial charge in [0.2, 0.25) is 0 Å². The molecular formula is C12H15NO2S. The fourth-order valence-electron chi connectivity index (χ4n) is 1.77. The predicted molar refractivity (Wildman–Crippen MR) is 67.1 cm³/mol. The largest absolute Gasteiger partial charge is 0.465 e. The number of ether oxygens (including phenoxy) is 1. The average Bonchev–Trinajstić information content (AvgIpc) is 2.82. The molecule has 0 aliphatic carbocycles. The Kier molecular flexibility index (Phi) is 3.72. The van der Waals surface area contributed by atoms with Gasteiger partial charge in [-0.05, 0) is 24.3 Å². The SMILES string of the molecule is COC(=O)c1ccccc1NC1CCSC1. The van der Waals surface area contributed by atoms with Gasteiger partial charge in [-0.25, -0.2) is 4.79 Å². The molecule has 1 aliphatic heterocycles. The minimum atomic E-state index is -0.284. The van der Waals surface area contributed by atoms with E-state index in [2.05, 4.69) is 5.32 Å². The van der Waals surface area contributed by atoms with E-state index in [-0.39, 0.29) is 5.97 Å². The van der Waals surface area contributed by atoms with Crippen LogP contribution in [0.25, 0.3) is 0 Å². The van der Waals surface area contributed by atoms with Gasteiger partial charge in [0.15, 0.2) is 0 Å². The second-order valence-corrected chi connectivity index (χ2v) is 4.89. The molecule has 1 aromatic carbocycles. The zero-order chi connectivity index (χ0) is 11.4. The topological polar surface area (TPSA) is 38.3 Å². The fourth-order valence-corrected chi connectivity index (χ4v) is 2.92. The molecule has 4 heteroatoms. The molecule has 1 N–H and O–H groups in total. The predicted octanol–water partition coefficient (Wildman–Crippen LogP) is 2.39. The lowest BCUT2D eigenvalue weighted by Crippen LogP contribution is -2.20. The van der Waals surface area contributed by atoms with Crippen LogP contribution in [0, 0.1) is 0 Å². The molecule has 86 valence electrons. The monoisotopic (exact) mass is 237 g/mol. The maximum absolute atomic E-state index is 11.5. The first-order chi connectivity index (χ1) is 7.81. The summed E-state index contributed by atoms with van der Waals surface area (Å²) in [6.45, 7) is 0. The highest BCUT2D eigenvalue weighted by molar-refractivity contribution is 7.99. The number of rotatable bonds is 3. The van der Waals surface area contributed by atoms with Gasteiger partial charge < -0.3 is 10.1 Å². The molecule has 16 heavy (non-hydrogen) atoms. The molecule has 0 spiro atoms. The first-order valence-electron chi connectivity index (χ1n) is 5.33. The lowest BCUT2D eigenvalue weighted by Gasteiger charge is -2.15. The van der Waals surface area contributed by atoms with E-state index in [1.165, 1.54) is 12.9 Å².